The van der Waals surface area contributed by atoms with Gasteiger partial charge in [0, 0.05) is 27.3 Å². The number of benzene rings is 1. The van der Waals surface area contributed by atoms with Crippen LogP contribution in [-0.4, -0.2) is 16.7 Å². The fraction of sp³-hybridized carbons (Fsp3) is 0.429. The maximum atomic E-state index is 9.45. The van der Waals surface area contributed by atoms with Crippen molar-refractivity contribution in [3.8, 4) is 0 Å². The van der Waals surface area contributed by atoms with Crippen LogP contribution in [0, 0.1) is 9.49 Å². The Balaban J connectivity index is 2.07. The molecule has 17 heavy (non-hydrogen) atoms. The molecule has 2 atom stereocenters. The van der Waals surface area contributed by atoms with Crippen molar-refractivity contribution in [1.82, 2.24) is 4.98 Å². The Hall–Kier alpha value is -0.550. The van der Waals surface area contributed by atoms with E-state index < -0.39 is 0 Å². The van der Waals surface area contributed by atoms with Crippen LogP contribution in [0.2, 0.25) is 0 Å². The van der Waals surface area contributed by atoms with Gasteiger partial charge in [0.15, 0.2) is 0 Å². The third kappa shape index (κ3) is 1.99. The number of hydrogen-bond donors (Lipinski definition) is 2. The van der Waals surface area contributed by atoms with Crippen LogP contribution in [0.1, 0.15) is 30.7 Å². The van der Waals surface area contributed by atoms with Gasteiger partial charge in [-0.05, 0) is 71.0 Å². The lowest BCUT2D eigenvalue weighted by Crippen LogP contribution is -2.09. The third-order valence-electron chi connectivity index (χ3n) is 3.97. The topological polar surface area (TPSA) is 36.0 Å². The normalized spacial score (nSPS) is 24.6. The number of nitrogens with one attached hydrogen (secondary N) is 1. The fourth-order valence-electron chi connectivity index (χ4n) is 3.09. The lowest BCUT2D eigenvalue weighted by atomic mass is 9.89. The average Bonchev–Trinajstić information content (AvgIpc) is 2.93. The van der Waals surface area contributed by atoms with Crippen molar-refractivity contribution in [3.63, 3.8) is 0 Å². The summed E-state index contributed by atoms with van der Waals surface area (Å²) >= 11 is 2.36. The van der Waals surface area contributed by atoms with Crippen molar-refractivity contribution in [2.75, 3.05) is 6.61 Å². The molecule has 90 valence electrons. The molecule has 1 aromatic carbocycles. The van der Waals surface area contributed by atoms with E-state index in [1.807, 2.05) is 0 Å². The summed E-state index contributed by atoms with van der Waals surface area (Å²) in [4.78, 5) is 3.35. The zero-order valence-electron chi connectivity index (χ0n) is 9.62. The van der Waals surface area contributed by atoms with Gasteiger partial charge in [-0.3, -0.25) is 0 Å². The van der Waals surface area contributed by atoms with E-state index in [9.17, 15) is 5.11 Å². The maximum Gasteiger partial charge on any atom is 0.0465 e. The lowest BCUT2D eigenvalue weighted by Gasteiger charge is -2.16. The van der Waals surface area contributed by atoms with E-state index in [1.54, 1.807) is 0 Å². The first-order chi connectivity index (χ1) is 8.29. The number of fused-ring (bicyclic) bond motifs is 1. The van der Waals surface area contributed by atoms with Gasteiger partial charge in [0.1, 0.15) is 0 Å². The number of aromatic nitrogens is 1. The summed E-state index contributed by atoms with van der Waals surface area (Å²) < 4.78 is 1.27. The number of aliphatic hydroxyl groups excluding tert-OH is 1. The summed E-state index contributed by atoms with van der Waals surface area (Å²) in [7, 11) is 0. The second-order valence-corrected chi connectivity index (χ2v) is 6.16. The third-order valence-corrected chi connectivity index (χ3v) is 4.64. The Labute approximate surface area is 115 Å². The van der Waals surface area contributed by atoms with Crippen LogP contribution in [0.15, 0.2) is 24.4 Å². The quantitative estimate of drug-likeness (QED) is 0.804. The van der Waals surface area contributed by atoms with Gasteiger partial charge in [-0.1, -0.05) is 6.42 Å². The van der Waals surface area contributed by atoms with Gasteiger partial charge in [-0.15, -0.1) is 0 Å². The molecule has 2 nitrogen and oxygen atoms in total. The fourth-order valence-corrected chi connectivity index (χ4v) is 3.58. The van der Waals surface area contributed by atoms with Crippen molar-refractivity contribution in [2.45, 2.75) is 25.2 Å². The average molecular weight is 341 g/mol. The summed E-state index contributed by atoms with van der Waals surface area (Å²) in [6, 6.07) is 6.51. The molecule has 0 aliphatic heterocycles. The summed E-state index contributed by atoms with van der Waals surface area (Å²) in [5, 5.41) is 10.8. The molecule has 0 amide bonds. The predicted molar refractivity (Wildman–Crippen MR) is 78.2 cm³/mol. The summed E-state index contributed by atoms with van der Waals surface area (Å²) in [6.07, 6.45) is 5.76. The van der Waals surface area contributed by atoms with Gasteiger partial charge in [0.05, 0.1) is 0 Å². The van der Waals surface area contributed by atoms with Gasteiger partial charge < -0.3 is 10.1 Å². The minimum absolute atomic E-state index is 0.321. The number of hydrogen-bond acceptors (Lipinski definition) is 1. The van der Waals surface area contributed by atoms with Crippen LogP contribution in [0.4, 0.5) is 0 Å². The molecular weight excluding hydrogens is 325 g/mol. The molecule has 0 saturated heterocycles. The molecule has 2 N–H and O–H groups in total. The van der Waals surface area contributed by atoms with Crippen molar-refractivity contribution in [2.24, 2.45) is 5.92 Å². The van der Waals surface area contributed by atoms with Crippen LogP contribution >= 0.6 is 22.6 Å². The first-order valence-electron chi connectivity index (χ1n) is 6.17. The smallest absolute Gasteiger partial charge is 0.0465 e. The minimum atomic E-state index is 0.321. The van der Waals surface area contributed by atoms with Crippen molar-refractivity contribution < 1.29 is 5.11 Å². The lowest BCUT2D eigenvalue weighted by molar-refractivity contribution is 0.218. The van der Waals surface area contributed by atoms with Crippen molar-refractivity contribution in [1.29, 1.82) is 0 Å². The van der Waals surface area contributed by atoms with Crippen molar-refractivity contribution in [3.05, 3.63) is 33.5 Å². The monoisotopic (exact) mass is 341 g/mol. The van der Waals surface area contributed by atoms with Gasteiger partial charge in [-0.25, -0.2) is 0 Å². The second kappa shape index (κ2) is 4.61. The zero-order valence-corrected chi connectivity index (χ0v) is 11.8. The van der Waals surface area contributed by atoms with Crippen LogP contribution in [0.25, 0.3) is 10.9 Å². The molecule has 1 fully saturated rings. The highest BCUT2D eigenvalue weighted by Crippen LogP contribution is 2.42. The van der Waals surface area contributed by atoms with Crippen molar-refractivity contribution >= 4 is 33.5 Å². The number of H-pyrrole nitrogens is 1. The van der Waals surface area contributed by atoms with Crippen LogP contribution in [-0.2, 0) is 0 Å². The standard InChI is InChI=1S/C14H16INO/c15-10-4-5-14-12(6-10)13(7-16-14)11-3-1-2-9(11)8-17/h4-7,9,11,16-17H,1-3,8H2/t9-,11+/m1/s1. The Morgan fingerprint density at radius 1 is 1.35 bits per heavy atom. The first kappa shape index (κ1) is 11.5. The summed E-state index contributed by atoms with van der Waals surface area (Å²) in [5.41, 5.74) is 2.61. The highest BCUT2D eigenvalue weighted by molar-refractivity contribution is 14.1. The van der Waals surface area contributed by atoms with Crippen LogP contribution < -0.4 is 0 Å². The van der Waals surface area contributed by atoms with E-state index >= 15 is 0 Å². The Bertz CT molecular complexity index is 534. The Morgan fingerprint density at radius 2 is 2.24 bits per heavy atom. The molecule has 0 spiro atoms. The molecular formula is C14H16INO. The van der Waals surface area contributed by atoms with Crippen LogP contribution in [0.3, 0.4) is 0 Å². The summed E-state index contributed by atoms with van der Waals surface area (Å²) in [5.74, 6) is 0.985. The molecule has 1 aliphatic carbocycles. The molecule has 2 aromatic rings. The number of halogens is 1. The van der Waals surface area contributed by atoms with Crippen LogP contribution in [0.5, 0.6) is 0 Å². The maximum absolute atomic E-state index is 9.45. The minimum Gasteiger partial charge on any atom is -0.396 e. The highest BCUT2D eigenvalue weighted by Gasteiger charge is 2.29. The van der Waals surface area contributed by atoms with E-state index in [0.717, 1.165) is 6.42 Å². The Kier molecular flexibility index (Phi) is 3.13. The molecule has 1 saturated carbocycles. The molecule has 1 heterocycles. The molecule has 3 heteroatoms. The zero-order chi connectivity index (χ0) is 11.8. The first-order valence-corrected chi connectivity index (χ1v) is 7.25. The number of aliphatic hydroxyl groups is 1. The van der Waals surface area contributed by atoms with Gasteiger partial charge >= 0.3 is 0 Å². The molecule has 0 unspecified atom stereocenters. The SMILES string of the molecule is OC[C@H]1CCC[C@@H]1c1c[nH]c2ccc(I)cc12. The number of rotatable bonds is 2. The van der Waals surface area contributed by atoms with E-state index in [-0.39, 0.29) is 0 Å². The highest BCUT2D eigenvalue weighted by atomic mass is 127. The molecule has 0 radical (unpaired) electrons. The largest absolute Gasteiger partial charge is 0.396 e. The van der Waals surface area contributed by atoms with E-state index in [4.69, 9.17) is 0 Å². The van der Waals surface area contributed by atoms with Gasteiger partial charge in [0.2, 0.25) is 0 Å². The second-order valence-electron chi connectivity index (χ2n) is 4.91. The van der Waals surface area contributed by atoms with E-state index in [0.29, 0.717) is 18.4 Å². The Morgan fingerprint density at radius 3 is 3.06 bits per heavy atom. The summed E-state index contributed by atoms with van der Waals surface area (Å²) in [6.45, 7) is 0.321. The van der Waals surface area contributed by atoms with E-state index in [1.165, 1.54) is 32.9 Å². The van der Waals surface area contributed by atoms with E-state index in [2.05, 4.69) is 52.0 Å². The van der Waals surface area contributed by atoms with Gasteiger partial charge in [0.25, 0.3) is 0 Å². The molecule has 3 rings (SSSR count). The molecule has 0 bridgehead atoms. The molecule has 1 aliphatic rings. The van der Waals surface area contributed by atoms with Gasteiger partial charge in [-0.2, -0.15) is 0 Å². The molecule has 1 aromatic heterocycles. The predicted octanol–water partition coefficient (Wildman–Crippen LogP) is 3.65. The number of aromatic amines is 1.